The summed E-state index contributed by atoms with van der Waals surface area (Å²) in [6.07, 6.45) is 1.91. The Morgan fingerprint density at radius 3 is 3.00 bits per heavy atom. The molecule has 0 atom stereocenters. The molecule has 0 aliphatic heterocycles. The first-order valence-corrected chi connectivity index (χ1v) is 6.30. The Hall–Kier alpha value is -1.14. The molecule has 0 saturated carbocycles. The quantitative estimate of drug-likeness (QED) is 0.309. The summed E-state index contributed by atoms with van der Waals surface area (Å²) in [5.41, 5.74) is 3.63. The normalized spacial score (nSPS) is 11.6. The van der Waals surface area contributed by atoms with Crippen molar-refractivity contribution in [1.82, 2.24) is 15.7 Å². The number of nitrogens with two attached hydrogens (primary N) is 1. The highest BCUT2D eigenvalue weighted by molar-refractivity contribution is 7.09. The Kier molecular flexibility index (Phi) is 5.81. The fourth-order valence-corrected chi connectivity index (χ4v) is 1.96. The summed E-state index contributed by atoms with van der Waals surface area (Å²) in [4.78, 5) is 8.63. The maximum atomic E-state index is 5.34. The number of guanidine groups is 1. The second kappa shape index (κ2) is 7.19. The lowest BCUT2D eigenvalue weighted by molar-refractivity contribution is 0.795. The zero-order chi connectivity index (χ0) is 11.8. The van der Waals surface area contributed by atoms with Crippen molar-refractivity contribution < 1.29 is 0 Å². The fraction of sp³-hybridized carbons (Fsp3) is 0.600. The molecule has 0 aliphatic carbocycles. The van der Waals surface area contributed by atoms with Gasteiger partial charge < -0.3 is 5.32 Å². The van der Waals surface area contributed by atoms with Crippen LogP contribution in [0.25, 0.3) is 0 Å². The van der Waals surface area contributed by atoms with Gasteiger partial charge in [-0.15, -0.1) is 11.3 Å². The highest BCUT2D eigenvalue weighted by Crippen LogP contribution is 2.08. The Morgan fingerprint density at radius 1 is 1.62 bits per heavy atom. The fourth-order valence-electron chi connectivity index (χ4n) is 1.18. The van der Waals surface area contributed by atoms with E-state index in [2.05, 4.69) is 33.0 Å². The van der Waals surface area contributed by atoms with Crippen LogP contribution in [-0.4, -0.2) is 24.0 Å². The van der Waals surface area contributed by atoms with Crippen molar-refractivity contribution in [2.45, 2.75) is 26.7 Å². The number of rotatable bonds is 5. The molecule has 90 valence electrons. The molecule has 0 radical (unpaired) electrons. The van der Waals surface area contributed by atoms with Gasteiger partial charge in [-0.1, -0.05) is 6.92 Å². The van der Waals surface area contributed by atoms with Gasteiger partial charge in [0.2, 0.25) is 5.96 Å². The summed E-state index contributed by atoms with van der Waals surface area (Å²) in [7, 11) is 0. The van der Waals surface area contributed by atoms with E-state index in [4.69, 9.17) is 5.84 Å². The van der Waals surface area contributed by atoms with Crippen molar-refractivity contribution in [3.05, 3.63) is 16.1 Å². The van der Waals surface area contributed by atoms with Crippen LogP contribution in [0.15, 0.2) is 10.4 Å². The van der Waals surface area contributed by atoms with E-state index in [1.807, 2.05) is 6.92 Å². The number of aromatic nitrogens is 1. The molecule has 1 heterocycles. The van der Waals surface area contributed by atoms with Crippen LogP contribution < -0.4 is 16.6 Å². The Bertz CT molecular complexity index is 334. The van der Waals surface area contributed by atoms with Crippen LogP contribution in [-0.2, 0) is 6.42 Å². The van der Waals surface area contributed by atoms with Crippen LogP contribution in [0.4, 0.5) is 0 Å². The zero-order valence-electron chi connectivity index (χ0n) is 9.79. The van der Waals surface area contributed by atoms with E-state index in [1.54, 1.807) is 11.3 Å². The van der Waals surface area contributed by atoms with Crippen molar-refractivity contribution in [2.24, 2.45) is 10.8 Å². The Balaban J connectivity index is 2.28. The lowest BCUT2D eigenvalue weighted by Crippen LogP contribution is -2.42. The van der Waals surface area contributed by atoms with Gasteiger partial charge in [0.1, 0.15) is 0 Å². The highest BCUT2D eigenvalue weighted by atomic mass is 32.1. The molecule has 1 aromatic heterocycles. The van der Waals surface area contributed by atoms with Crippen LogP contribution >= 0.6 is 11.3 Å². The molecule has 0 unspecified atom stereocenters. The van der Waals surface area contributed by atoms with Gasteiger partial charge >= 0.3 is 0 Å². The van der Waals surface area contributed by atoms with E-state index in [-0.39, 0.29) is 0 Å². The topological polar surface area (TPSA) is 75.3 Å². The van der Waals surface area contributed by atoms with Gasteiger partial charge in [-0.2, -0.15) is 0 Å². The molecule has 1 aromatic rings. The minimum absolute atomic E-state index is 0.648. The number of hydrazine groups is 1. The van der Waals surface area contributed by atoms with Gasteiger partial charge in [-0.3, -0.25) is 10.4 Å². The van der Waals surface area contributed by atoms with Crippen LogP contribution in [0.1, 0.15) is 24.0 Å². The van der Waals surface area contributed by atoms with Gasteiger partial charge in [0, 0.05) is 30.6 Å². The number of thiazole rings is 1. The molecule has 0 amide bonds. The van der Waals surface area contributed by atoms with Gasteiger partial charge in [0.15, 0.2) is 0 Å². The largest absolute Gasteiger partial charge is 0.355 e. The lowest BCUT2D eigenvalue weighted by Gasteiger charge is -2.07. The maximum Gasteiger partial charge on any atom is 0.205 e. The predicted octanol–water partition coefficient (Wildman–Crippen LogP) is 0.813. The molecule has 1 rings (SSSR count). The first-order chi connectivity index (χ1) is 7.76. The average molecular weight is 241 g/mol. The minimum atomic E-state index is 0.648. The standard InChI is InChI=1S/C10H19N5S/c1-3-5-12-10(15-11)13-6-4-9-14-8(2)7-16-9/h7H,3-6,11H2,1-2H3,(H2,12,13,15). The van der Waals surface area contributed by atoms with E-state index in [9.17, 15) is 0 Å². The van der Waals surface area contributed by atoms with E-state index >= 15 is 0 Å². The van der Waals surface area contributed by atoms with Gasteiger partial charge in [-0.05, 0) is 13.3 Å². The Morgan fingerprint density at radius 2 is 2.44 bits per heavy atom. The van der Waals surface area contributed by atoms with Crippen molar-refractivity contribution in [3.8, 4) is 0 Å². The molecule has 0 fully saturated rings. The minimum Gasteiger partial charge on any atom is -0.355 e. The van der Waals surface area contributed by atoms with Crippen LogP contribution in [0.2, 0.25) is 0 Å². The summed E-state index contributed by atoms with van der Waals surface area (Å²) < 4.78 is 0. The summed E-state index contributed by atoms with van der Waals surface area (Å²) in [6, 6.07) is 0. The molecule has 0 aromatic carbocycles. The molecule has 5 nitrogen and oxygen atoms in total. The number of aryl methyl sites for hydroxylation is 1. The monoisotopic (exact) mass is 241 g/mol. The number of hydrogen-bond donors (Lipinski definition) is 3. The van der Waals surface area contributed by atoms with E-state index in [0.29, 0.717) is 5.96 Å². The number of nitrogens with zero attached hydrogens (tertiary/aromatic N) is 2. The van der Waals surface area contributed by atoms with Gasteiger partial charge in [0.25, 0.3) is 0 Å². The highest BCUT2D eigenvalue weighted by Gasteiger charge is 1.99. The summed E-state index contributed by atoms with van der Waals surface area (Å²) in [5, 5.41) is 6.34. The van der Waals surface area contributed by atoms with Crippen molar-refractivity contribution in [1.29, 1.82) is 0 Å². The zero-order valence-corrected chi connectivity index (χ0v) is 10.6. The van der Waals surface area contributed by atoms with Crippen molar-refractivity contribution in [3.63, 3.8) is 0 Å². The number of aliphatic imine (C=N–C) groups is 1. The SMILES string of the molecule is CCCN=C(NN)NCCc1nc(C)cs1. The van der Waals surface area contributed by atoms with Crippen LogP contribution in [0, 0.1) is 6.92 Å². The summed E-state index contributed by atoms with van der Waals surface area (Å²) in [5.74, 6) is 5.99. The van der Waals surface area contributed by atoms with E-state index in [1.165, 1.54) is 0 Å². The lowest BCUT2D eigenvalue weighted by atomic mass is 10.4. The third-order valence-electron chi connectivity index (χ3n) is 1.93. The molecule has 0 bridgehead atoms. The average Bonchev–Trinajstić information content (AvgIpc) is 2.69. The molecule has 0 aliphatic rings. The Labute approximate surface area is 100 Å². The summed E-state index contributed by atoms with van der Waals surface area (Å²) >= 11 is 1.68. The second-order valence-electron chi connectivity index (χ2n) is 3.43. The second-order valence-corrected chi connectivity index (χ2v) is 4.38. The smallest absolute Gasteiger partial charge is 0.205 e. The molecular weight excluding hydrogens is 222 g/mol. The molecule has 0 spiro atoms. The third-order valence-corrected chi connectivity index (χ3v) is 2.95. The molecule has 0 saturated heterocycles. The molecule has 16 heavy (non-hydrogen) atoms. The molecular formula is C10H19N5S. The molecule has 6 heteroatoms. The van der Waals surface area contributed by atoms with E-state index < -0.39 is 0 Å². The predicted molar refractivity (Wildman–Crippen MR) is 68.5 cm³/mol. The third kappa shape index (κ3) is 4.59. The van der Waals surface area contributed by atoms with Gasteiger partial charge in [0.05, 0.1) is 5.01 Å². The van der Waals surface area contributed by atoms with Gasteiger partial charge in [-0.25, -0.2) is 10.8 Å². The van der Waals surface area contributed by atoms with Crippen molar-refractivity contribution in [2.75, 3.05) is 13.1 Å². The molecule has 4 N–H and O–H groups in total. The van der Waals surface area contributed by atoms with E-state index in [0.717, 1.165) is 36.6 Å². The first-order valence-electron chi connectivity index (χ1n) is 5.42. The summed E-state index contributed by atoms with van der Waals surface area (Å²) in [6.45, 7) is 5.65. The van der Waals surface area contributed by atoms with Crippen LogP contribution in [0.5, 0.6) is 0 Å². The van der Waals surface area contributed by atoms with Crippen LogP contribution in [0.3, 0.4) is 0 Å². The maximum absolute atomic E-state index is 5.34. The number of hydrogen-bond acceptors (Lipinski definition) is 4. The first kappa shape index (κ1) is 12.9. The van der Waals surface area contributed by atoms with Crippen molar-refractivity contribution >= 4 is 17.3 Å². The number of nitrogens with one attached hydrogen (secondary N) is 2.